The highest BCUT2D eigenvalue weighted by atomic mass is 19.1. The van der Waals surface area contributed by atoms with Gasteiger partial charge in [0.25, 0.3) is 5.91 Å². The number of carboxylic acids is 1. The quantitative estimate of drug-likeness (QED) is 0.421. The number of carbonyl (C=O) groups is 2. The van der Waals surface area contributed by atoms with Crippen molar-refractivity contribution in [1.29, 1.82) is 0 Å². The first-order valence-electron chi connectivity index (χ1n) is 10.3. The molecule has 0 spiro atoms. The molecule has 2 aromatic carbocycles. The molecular formula is C24H20F2N4O4. The monoisotopic (exact) mass is 466 g/mol. The second-order valence-electron chi connectivity index (χ2n) is 7.75. The van der Waals surface area contributed by atoms with Crippen LogP contribution in [0.2, 0.25) is 0 Å². The number of carbonyl (C=O) groups excluding carboxylic acids is 1. The van der Waals surface area contributed by atoms with Crippen LogP contribution in [0.1, 0.15) is 43.5 Å². The van der Waals surface area contributed by atoms with E-state index in [1.807, 2.05) is 0 Å². The van der Waals surface area contributed by atoms with Gasteiger partial charge in [-0.15, -0.1) is 5.10 Å². The second-order valence-corrected chi connectivity index (χ2v) is 7.75. The van der Waals surface area contributed by atoms with E-state index in [2.05, 4.69) is 10.3 Å². The predicted octanol–water partition coefficient (Wildman–Crippen LogP) is 4.05. The van der Waals surface area contributed by atoms with Crippen molar-refractivity contribution < 1.29 is 27.9 Å². The Morgan fingerprint density at radius 1 is 1.06 bits per heavy atom. The van der Waals surface area contributed by atoms with Crippen LogP contribution in [0.25, 0.3) is 0 Å². The average molecular weight is 466 g/mol. The summed E-state index contributed by atoms with van der Waals surface area (Å²) in [6.45, 7) is 2.01. The molecule has 0 saturated carbocycles. The van der Waals surface area contributed by atoms with Gasteiger partial charge in [-0.3, -0.25) is 4.79 Å². The third kappa shape index (κ3) is 5.34. The van der Waals surface area contributed by atoms with Gasteiger partial charge in [-0.25, -0.2) is 18.3 Å². The lowest BCUT2D eigenvalue weighted by atomic mass is 10.1. The number of carboxylic acid groups (broad SMARTS) is 1. The molecule has 8 nitrogen and oxygen atoms in total. The number of hydrogen-bond donors (Lipinski definition) is 1. The lowest BCUT2D eigenvalue weighted by Crippen LogP contribution is -2.31. The average Bonchev–Trinajstić information content (AvgIpc) is 3.46. The summed E-state index contributed by atoms with van der Waals surface area (Å²) in [5, 5.41) is 17.0. The van der Waals surface area contributed by atoms with Crippen LogP contribution in [0, 0.1) is 18.6 Å². The largest absolute Gasteiger partial charge is 0.475 e. The SMILES string of the molecule is Cc1ccc(F)c(C(=O)N(Cc2ccc(F)cc2)Cc2cn(Cc3ccc(C(=O)O)o3)nn2)c1. The number of aromatic nitrogens is 3. The zero-order valence-corrected chi connectivity index (χ0v) is 18.1. The minimum absolute atomic E-state index is 0.0160. The summed E-state index contributed by atoms with van der Waals surface area (Å²) >= 11 is 0. The van der Waals surface area contributed by atoms with Crippen LogP contribution < -0.4 is 0 Å². The molecule has 2 aromatic heterocycles. The summed E-state index contributed by atoms with van der Waals surface area (Å²) in [5.74, 6) is -2.59. The number of nitrogens with zero attached hydrogens (tertiary/aromatic N) is 4. The van der Waals surface area contributed by atoms with Crippen LogP contribution in [0.5, 0.6) is 0 Å². The predicted molar refractivity (Wildman–Crippen MR) is 116 cm³/mol. The van der Waals surface area contributed by atoms with Gasteiger partial charge in [-0.05, 0) is 48.9 Å². The summed E-state index contributed by atoms with van der Waals surface area (Å²) < 4.78 is 34.4. The van der Waals surface area contributed by atoms with Crippen LogP contribution >= 0.6 is 0 Å². The fourth-order valence-corrected chi connectivity index (χ4v) is 3.40. The van der Waals surface area contributed by atoms with Crippen molar-refractivity contribution >= 4 is 11.9 Å². The molecule has 4 aromatic rings. The molecule has 174 valence electrons. The zero-order valence-electron chi connectivity index (χ0n) is 18.1. The molecule has 0 atom stereocenters. The Hall–Kier alpha value is -4.34. The normalized spacial score (nSPS) is 10.9. The molecule has 0 radical (unpaired) electrons. The van der Waals surface area contributed by atoms with E-state index >= 15 is 0 Å². The molecule has 0 saturated heterocycles. The van der Waals surface area contributed by atoms with Crippen molar-refractivity contribution in [3.8, 4) is 0 Å². The summed E-state index contributed by atoms with van der Waals surface area (Å²) in [5.41, 5.74) is 1.74. The molecule has 0 unspecified atom stereocenters. The third-order valence-electron chi connectivity index (χ3n) is 5.06. The summed E-state index contributed by atoms with van der Waals surface area (Å²) in [4.78, 5) is 25.6. The molecule has 34 heavy (non-hydrogen) atoms. The Kier molecular flexibility index (Phi) is 6.48. The van der Waals surface area contributed by atoms with Gasteiger partial charge in [-0.2, -0.15) is 0 Å². The topological polar surface area (TPSA) is 101 Å². The van der Waals surface area contributed by atoms with E-state index in [1.165, 1.54) is 46.0 Å². The number of aromatic carboxylic acids is 1. The molecule has 0 aliphatic heterocycles. The van der Waals surface area contributed by atoms with Gasteiger partial charge >= 0.3 is 5.97 Å². The van der Waals surface area contributed by atoms with Gasteiger partial charge in [-0.1, -0.05) is 29.0 Å². The van der Waals surface area contributed by atoms with Gasteiger partial charge in [0.15, 0.2) is 0 Å². The second kappa shape index (κ2) is 9.65. The Balaban J connectivity index is 1.56. The van der Waals surface area contributed by atoms with Crippen molar-refractivity contribution in [1.82, 2.24) is 19.9 Å². The number of hydrogen-bond acceptors (Lipinski definition) is 5. The summed E-state index contributed by atoms with van der Waals surface area (Å²) in [7, 11) is 0. The van der Waals surface area contributed by atoms with E-state index in [4.69, 9.17) is 9.52 Å². The number of aryl methyl sites for hydroxylation is 1. The van der Waals surface area contributed by atoms with Gasteiger partial charge < -0.3 is 14.4 Å². The van der Waals surface area contributed by atoms with Crippen LogP contribution in [-0.4, -0.2) is 36.9 Å². The highest BCUT2D eigenvalue weighted by molar-refractivity contribution is 5.94. The maximum absolute atomic E-state index is 14.4. The van der Waals surface area contributed by atoms with E-state index in [9.17, 15) is 18.4 Å². The van der Waals surface area contributed by atoms with Crippen molar-refractivity contribution in [2.45, 2.75) is 26.6 Å². The van der Waals surface area contributed by atoms with E-state index < -0.39 is 23.5 Å². The molecule has 0 bridgehead atoms. The first-order valence-corrected chi connectivity index (χ1v) is 10.3. The number of benzene rings is 2. The molecule has 0 fully saturated rings. The number of furan rings is 1. The van der Waals surface area contributed by atoms with E-state index in [0.29, 0.717) is 17.0 Å². The molecule has 10 heteroatoms. The highest BCUT2D eigenvalue weighted by Crippen LogP contribution is 2.18. The van der Waals surface area contributed by atoms with E-state index in [1.54, 1.807) is 31.3 Å². The maximum Gasteiger partial charge on any atom is 0.371 e. The highest BCUT2D eigenvalue weighted by Gasteiger charge is 2.22. The number of rotatable bonds is 8. The van der Waals surface area contributed by atoms with E-state index in [0.717, 1.165) is 5.56 Å². The van der Waals surface area contributed by atoms with Crippen LogP contribution in [0.4, 0.5) is 8.78 Å². The Morgan fingerprint density at radius 3 is 2.53 bits per heavy atom. The minimum Gasteiger partial charge on any atom is -0.475 e. The lowest BCUT2D eigenvalue weighted by Gasteiger charge is -2.22. The smallest absolute Gasteiger partial charge is 0.371 e. The first kappa shape index (κ1) is 22.8. The Labute approximate surface area is 193 Å². The zero-order chi connectivity index (χ0) is 24.2. The van der Waals surface area contributed by atoms with E-state index in [-0.39, 0.29) is 31.0 Å². The maximum atomic E-state index is 14.4. The van der Waals surface area contributed by atoms with Gasteiger partial charge in [0.2, 0.25) is 5.76 Å². The molecule has 1 N–H and O–H groups in total. The fraction of sp³-hybridized carbons (Fsp3) is 0.167. The van der Waals surface area contributed by atoms with Gasteiger partial charge in [0.05, 0.1) is 18.3 Å². The number of halogens is 2. The number of amides is 1. The molecule has 1 amide bonds. The Morgan fingerprint density at radius 2 is 1.82 bits per heavy atom. The van der Waals surface area contributed by atoms with Crippen molar-refractivity contribution in [2.75, 3.05) is 0 Å². The molecular weight excluding hydrogens is 446 g/mol. The van der Waals surface area contributed by atoms with Gasteiger partial charge in [0.1, 0.15) is 29.6 Å². The van der Waals surface area contributed by atoms with Crippen molar-refractivity contribution in [3.63, 3.8) is 0 Å². The van der Waals surface area contributed by atoms with Crippen molar-refractivity contribution in [2.24, 2.45) is 0 Å². The summed E-state index contributed by atoms with van der Waals surface area (Å²) in [6.07, 6.45) is 1.58. The van der Waals surface area contributed by atoms with Crippen molar-refractivity contribution in [3.05, 3.63) is 106 Å². The Bertz CT molecular complexity index is 1330. The molecule has 2 heterocycles. The van der Waals surface area contributed by atoms with Crippen LogP contribution in [-0.2, 0) is 19.6 Å². The summed E-state index contributed by atoms with van der Waals surface area (Å²) in [6, 6.07) is 12.8. The lowest BCUT2D eigenvalue weighted by molar-refractivity contribution is 0.0659. The van der Waals surface area contributed by atoms with Crippen LogP contribution in [0.3, 0.4) is 0 Å². The minimum atomic E-state index is -1.18. The van der Waals surface area contributed by atoms with Crippen LogP contribution in [0.15, 0.2) is 65.2 Å². The molecule has 0 aliphatic rings. The molecule has 4 rings (SSSR count). The standard InChI is InChI=1S/C24H20F2N4O4/c1-15-2-8-21(26)20(10-15)23(31)29(11-16-3-5-17(25)6-4-16)12-18-13-30(28-27-18)14-19-7-9-22(34-19)24(32)33/h2-10,13H,11-12,14H2,1H3,(H,32,33). The van der Waals surface area contributed by atoms with Gasteiger partial charge in [0, 0.05) is 6.54 Å². The molecule has 0 aliphatic carbocycles. The third-order valence-corrected chi connectivity index (χ3v) is 5.06. The fourth-order valence-electron chi connectivity index (χ4n) is 3.40. The first-order chi connectivity index (χ1) is 16.3.